The van der Waals surface area contributed by atoms with Gasteiger partial charge in [0.1, 0.15) is 17.7 Å². The maximum atomic E-state index is 15.1. The molecule has 2 aromatic rings. The van der Waals surface area contributed by atoms with Crippen LogP contribution in [0.15, 0.2) is 29.7 Å². The molecular formula is C30H39F2N7O2. The topological polar surface area (TPSA) is 86.2 Å². The molecular weight excluding hydrogens is 528 g/mol. The molecule has 0 spiro atoms. The van der Waals surface area contributed by atoms with Gasteiger partial charge < -0.3 is 20.0 Å². The van der Waals surface area contributed by atoms with Gasteiger partial charge in [-0.05, 0) is 68.6 Å². The number of aromatic nitrogens is 2. The van der Waals surface area contributed by atoms with Gasteiger partial charge in [-0.3, -0.25) is 4.90 Å². The van der Waals surface area contributed by atoms with Crippen LogP contribution >= 0.6 is 0 Å². The average molecular weight is 568 g/mol. The number of urea groups is 1. The van der Waals surface area contributed by atoms with Crippen molar-refractivity contribution in [1.82, 2.24) is 19.8 Å². The Morgan fingerprint density at radius 1 is 0.927 bits per heavy atom. The molecule has 2 saturated carbocycles. The Hall–Kier alpha value is -3.34. The Kier molecular flexibility index (Phi) is 8.32. The first-order valence-corrected chi connectivity index (χ1v) is 15.0. The van der Waals surface area contributed by atoms with Crippen LogP contribution in [0.1, 0.15) is 68.4 Å². The molecule has 2 aliphatic heterocycles. The molecule has 41 heavy (non-hydrogen) atoms. The zero-order valence-corrected chi connectivity index (χ0v) is 23.7. The van der Waals surface area contributed by atoms with Crippen molar-refractivity contribution in [3.63, 3.8) is 0 Å². The van der Waals surface area contributed by atoms with Crippen LogP contribution < -0.4 is 10.2 Å². The molecule has 4 aliphatic rings. The highest BCUT2D eigenvalue weighted by atomic mass is 19.1. The number of anilines is 2. The molecule has 3 heterocycles. The highest BCUT2D eigenvalue weighted by Gasteiger charge is 2.32. The highest BCUT2D eigenvalue weighted by molar-refractivity contribution is 5.89. The summed E-state index contributed by atoms with van der Waals surface area (Å²) in [5, 5.41) is 7.02. The smallest absolute Gasteiger partial charge is 0.322 e. The fraction of sp³-hybridized carbons (Fsp3) is 0.600. The van der Waals surface area contributed by atoms with E-state index in [-0.39, 0.29) is 23.7 Å². The van der Waals surface area contributed by atoms with Gasteiger partial charge in [-0.2, -0.15) is 0 Å². The molecule has 0 unspecified atom stereocenters. The maximum Gasteiger partial charge on any atom is 0.322 e. The summed E-state index contributed by atoms with van der Waals surface area (Å²) in [7, 11) is 0. The molecule has 2 saturated heterocycles. The third-order valence-electron chi connectivity index (χ3n) is 8.82. The Balaban J connectivity index is 0.964. The summed E-state index contributed by atoms with van der Waals surface area (Å²) >= 11 is 0. The molecule has 1 N–H and O–H groups in total. The number of nitrogens with one attached hydrogen (secondary N) is 1. The second-order valence-electron chi connectivity index (χ2n) is 11.8. The fourth-order valence-corrected chi connectivity index (χ4v) is 6.11. The van der Waals surface area contributed by atoms with E-state index in [1.165, 1.54) is 18.9 Å². The quantitative estimate of drug-likeness (QED) is 0.491. The number of oxime groups is 1. The molecule has 4 fully saturated rings. The van der Waals surface area contributed by atoms with E-state index in [9.17, 15) is 9.18 Å². The van der Waals surface area contributed by atoms with E-state index in [4.69, 9.17) is 4.84 Å². The minimum Gasteiger partial charge on any atom is -0.392 e. The predicted octanol–water partition coefficient (Wildman–Crippen LogP) is 5.07. The molecule has 0 atom stereocenters. The van der Waals surface area contributed by atoms with Gasteiger partial charge in [0.15, 0.2) is 0 Å². The van der Waals surface area contributed by atoms with Crippen LogP contribution in [-0.2, 0) is 4.84 Å². The van der Waals surface area contributed by atoms with Crippen LogP contribution in [0, 0.1) is 18.6 Å². The minimum absolute atomic E-state index is 0.0540. The zero-order chi connectivity index (χ0) is 28.3. The normalized spacial score (nSPS) is 22.5. The number of piperidine rings is 1. The molecule has 220 valence electrons. The Morgan fingerprint density at radius 3 is 2.27 bits per heavy atom. The summed E-state index contributed by atoms with van der Waals surface area (Å²) in [5.74, 6) is -0.427. The molecule has 11 heteroatoms. The zero-order valence-electron chi connectivity index (χ0n) is 23.7. The monoisotopic (exact) mass is 567 g/mol. The van der Waals surface area contributed by atoms with Crippen molar-refractivity contribution >= 4 is 23.4 Å². The summed E-state index contributed by atoms with van der Waals surface area (Å²) in [6, 6.07) is 2.67. The Bertz CT molecular complexity index is 1240. The van der Waals surface area contributed by atoms with Gasteiger partial charge in [-0.25, -0.2) is 23.5 Å². The van der Waals surface area contributed by atoms with Crippen LogP contribution in [0.25, 0.3) is 0 Å². The van der Waals surface area contributed by atoms with Crippen molar-refractivity contribution < 1.29 is 18.4 Å². The summed E-state index contributed by atoms with van der Waals surface area (Å²) in [4.78, 5) is 33.6. The van der Waals surface area contributed by atoms with Crippen molar-refractivity contribution in [2.75, 3.05) is 49.5 Å². The standard InChI is InChI=1S/C30H39F2N7O2/c1-20-18-33-29(34-19-20)38-10-8-24(9-11-38)41-36-22-4-2-21(3-5-22)25-16-27(32)28(17-26(25)31)35-30(40)39-14-12-37(13-15-39)23-6-7-23/h16-19,21,23-24H,2-15H2,1H3,(H,35,40). The Labute approximate surface area is 239 Å². The average Bonchev–Trinajstić information content (AvgIpc) is 3.85. The highest BCUT2D eigenvalue weighted by Crippen LogP contribution is 2.35. The lowest BCUT2D eigenvalue weighted by atomic mass is 9.83. The number of rotatable bonds is 6. The number of amides is 2. The van der Waals surface area contributed by atoms with Crippen LogP contribution in [0.2, 0.25) is 0 Å². The van der Waals surface area contributed by atoms with Gasteiger partial charge in [0.25, 0.3) is 0 Å². The van der Waals surface area contributed by atoms with Crippen LogP contribution in [0.5, 0.6) is 0 Å². The lowest BCUT2D eigenvalue weighted by Crippen LogP contribution is -2.50. The first-order chi connectivity index (χ1) is 19.9. The first kappa shape index (κ1) is 27.8. The van der Waals surface area contributed by atoms with Gasteiger partial charge in [0.2, 0.25) is 5.95 Å². The van der Waals surface area contributed by atoms with E-state index in [1.54, 1.807) is 4.90 Å². The number of nitrogens with zero attached hydrogens (tertiary/aromatic N) is 6. The molecule has 6 rings (SSSR count). The molecule has 9 nitrogen and oxygen atoms in total. The number of carbonyl (C=O) groups is 1. The number of aryl methyl sites for hydroxylation is 1. The lowest BCUT2D eigenvalue weighted by molar-refractivity contribution is 0.0406. The van der Waals surface area contributed by atoms with Gasteiger partial charge >= 0.3 is 6.03 Å². The van der Waals surface area contributed by atoms with Crippen molar-refractivity contribution in [3.8, 4) is 0 Å². The molecule has 2 amide bonds. The number of hydrogen-bond donors (Lipinski definition) is 1. The fourth-order valence-electron chi connectivity index (χ4n) is 6.11. The number of carbonyl (C=O) groups excluding carboxylic acids is 1. The molecule has 1 aromatic carbocycles. The van der Waals surface area contributed by atoms with Crippen LogP contribution in [-0.4, -0.2) is 82.9 Å². The number of hydrogen-bond acceptors (Lipinski definition) is 7. The molecule has 0 radical (unpaired) electrons. The van der Waals surface area contributed by atoms with E-state index in [2.05, 4.69) is 30.2 Å². The van der Waals surface area contributed by atoms with Crippen molar-refractivity contribution in [2.24, 2.45) is 5.16 Å². The van der Waals surface area contributed by atoms with E-state index in [0.29, 0.717) is 50.4 Å². The van der Waals surface area contributed by atoms with Crippen LogP contribution in [0.3, 0.4) is 0 Å². The maximum absolute atomic E-state index is 15.1. The predicted molar refractivity (Wildman–Crippen MR) is 153 cm³/mol. The van der Waals surface area contributed by atoms with Crippen LogP contribution in [0.4, 0.5) is 25.2 Å². The van der Waals surface area contributed by atoms with E-state index >= 15 is 4.39 Å². The number of benzene rings is 1. The first-order valence-electron chi connectivity index (χ1n) is 15.0. The summed E-state index contributed by atoms with van der Waals surface area (Å²) in [5.41, 5.74) is 2.27. The summed E-state index contributed by atoms with van der Waals surface area (Å²) in [6.07, 6.45) is 10.6. The Morgan fingerprint density at radius 2 is 1.61 bits per heavy atom. The summed E-state index contributed by atoms with van der Waals surface area (Å²) in [6.45, 7) is 6.46. The summed E-state index contributed by atoms with van der Waals surface area (Å²) < 4.78 is 30.1. The van der Waals surface area contributed by atoms with Crippen molar-refractivity contribution in [2.45, 2.75) is 76.4 Å². The third kappa shape index (κ3) is 6.77. The van der Waals surface area contributed by atoms with E-state index in [0.717, 1.165) is 62.3 Å². The van der Waals surface area contributed by atoms with E-state index in [1.807, 2.05) is 19.3 Å². The van der Waals surface area contributed by atoms with Gasteiger partial charge in [-0.1, -0.05) is 5.16 Å². The third-order valence-corrected chi connectivity index (χ3v) is 8.82. The lowest BCUT2D eigenvalue weighted by Gasteiger charge is -2.34. The molecule has 2 aliphatic carbocycles. The number of piperazine rings is 1. The molecule has 1 aromatic heterocycles. The number of halogens is 2. The van der Waals surface area contributed by atoms with Crippen molar-refractivity contribution in [1.29, 1.82) is 0 Å². The van der Waals surface area contributed by atoms with Gasteiger partial charge in [0, 0.05) is 76.6 Å². The van der Waals surface area contributed by atoms with E-state index < -0.39 is 11.6 Å². The molecule has 0 bridgehead atoms. The van der Waals surface area contributed by atoms with Gasteiger partial charge in [-0.15, -0.1) is 0 Å². The SMILES string of the molecule is Cc1cnc(N2CCC(ON=C3CCC(c4cc(F)c(NC(=O)N5CCN(C6CC6)CC5)cc4F)CC3)CC2)nc1. The second-order valence-corrected chi connectivity index (χ2v) is 11.8. The second kappa shape index (κ2) is 12.3. The van der Waals surface area contributed by atoms with Gasteiger partial charge in [0.05, 0.1) is 11.4 Å². The largest absolute Gasteiger partial charge is 0.392 e. The van der Waals surface area contributed by atoms with Crippen molar-refractivity contribution in [3.05, 3.63) is 47.3 Å². The minimum atomic E-state index is -0.600.